The van der Waals surface area contributed by atoms with Crippen LogP contribution in [0.4, 0.5) is 0 Å². The van der Waals surface area contributed by atoms with E-state index in [1.165, 1.54) is 0 Å². The number of nitrogens with two attached hydrogens (primary N) is 1. The van der Waals surface area contributed by atoms with Gasteiger partial charge in [0.05, 0.1) is 54.0 Å². The molecule has 2 amide bonds. The van der Waals surface area contributed by atoms with E-state index in [9.17, 15) is 9.59 Å². The number of carbonyl (C=O) groups is 2. The predicted molar refractivity (Wildman–Crippen MR) is 183 cm³/mol. The van der Waals surface area contributed by atoms with Gasteiger partial charge in [-0.15, -0.1) is 0 Å². The second kappa shape index (κ2) is 14.8. The van der Waals surface area contributed by atoms with E-state index in [4.69, 9.17) is 48.4 Å². The van der Waals surface area contributed by atoms with Crippen molar-refractivity contribution >= 4 is 35.0 Å². The Hall–Kier alpha value is -4.36. The fraction of sp³-hybridized carbons (Fsp3) is 0.353. The minimum absolute atomic E-state index is 0.0783. The summed E-state index contributed by atoms with van der Waals surface area (Å²) in [4.78, 5) is 43.9. The summed E-state index contributed by atoms with van der Waals surface area (Å²) >= 11 is 14.1. The van der Waals surface area contributed by atoms with Gasteiger partial charge in [0.2, 0.25) is 23.6 Å². The van der Waals surface area contributed by atoms with Gasteiger partial charge in [0.15, 0.2) is 0 Å². The van der Waals surface area contributed by atoms with Crippen LogP contribution in [0.2, 0.25) is 10.0 Å². The maximum atomic E-state index is 11.6. The molecule has 48 heavy (non-hydrogen) atoms. The third kappa shape index (κ3) is 7.21. The average Bonchev–Trinajstić information content (AvgIpc) is 3.74. The van der Waals surface area contributed by atoms with Crippen LogP contribution in [0.5, 0.6) is 11.8 Å². The number of halogens is 2. The largest absolute Gasteiger partial charge is 0.480 e. The molecule has 0 saturated carbocycles. The van der Waals surface area contributed by atoms with E-state index in [0.29, 0.717) is 99.4 Å². The van der Waals surface area contributed by atoms with Crippen LogP contribution in [0, 0.1) is 5.92 Å². The summed E-state index contributed by atoms with van der Waals surface area (Å²) in [6.45, 7) is 2.88. The van der Waals surface area contributed by atoms with E-state index in [-0.39, 0.29) is 23.8 Å². The molecule has 4 N–H and O–H groups in total. The lowest BCUT2D eigenvalue weighted by Gasteiger charge is -2.17. The average molecular weight is 692 g/mol. The Kier molecular flexibility index (Phi) is 10.4. The Labute approximate surface area is 288 Å². The minimum Gasteiger partial charge on any atom is -0.480 e. The number of aromatic nitrogens is 4. The van der Waals surface area contributed by atoms with Crippen molar-refractivity contribution in [1.29, 1.82) is 0 Å². The first-order chi connectivity index (χ1) is 23.2. The highest BCUT2D eigenvalue weighted by Gasteiger charge is 2.28. The molecule has 0 spiro atoms. The second-order valence-electron chi connectivity index (χ2n) is 11.8. The first kappa shape index (κ1) is 33.5. The van der Waals surface area contributed by atoms with Gasteiger partial charge in [0.1, 0.15) is 11.4 Å². The number of nitrogens with zero attached hydrogens (tertiary/aromatic N) is 5. The van der Waals surface area contributed by atoms with Gasteiger partial charge in [-0.1, -0.05) is 59.6 Å². The molecular formula is C34H36Cl2N8O4. The van der Waals surface area contributed by atoms with Crippen LogP contribution in [0.15, 0.2) is 48.8 Å². The highest BCUT2D eigenvalue weighted by molar-refractivity contribution is 6.39. The SMILES string of the molecule is COc1nc(-c2cccc(-c3cccc(-c4cnc(CN5CC[C@@H](C(N)=O)C5)c(OC)n4)c3Cl)c2Cl)cnc1CNC[C@@H]1CCC(=O)N1. The van der Waals surface area contributed by atoms with Crippen LogP contribution in [-0.4, -0.2) is 76.5 Å². The number of carbonyl (C=O) groups excluding carboxylic acids is 2. The Bertz CT molecular complexity index is 1840. The van der Waals surface area contributed by atoms with Crippen molar-refractivity contribution in [2.24, 2.45) is 11.7 Å². The highest BCUT2D eigenvalue weighted by atomic mass is 35.5. The summed E-state index contributed by atoms with van der Waals surface area (Å²) in [5, 5.41) is 7.17. The number of likely N-dealkylation sites (tertiary alicyclic amines) is 1. The summed E-state index contributed by atoms with van der Waals surface area (Å²) in [7, 11) is 3.10. The third-order valence-electron chi connectivity index (χ3n) is 8.67. The Morgan fingerprint density at radius 1 is 0.938 bits per heavy atom. The molecule has 2 aromatic carbocycles. The first-order valence-corrected chi connectivity index (χ1v) is 16.4. The minimum atomic E-state index is -0.284. The first-order valence-electron chi connectivity index (χ1n) is 15.6. The molecule has 12 nitrogen and oxygen atoms in total. The van der Waals surface area contributed by atoms with Crippen LogP contribution in [0.3, 0.4) is 0 Å². The normalized spacial score (nSPS) is 17.8. The lowest BCUT2D eigenvalue weighted by Crippen LogP contribution is -2.35. The Morgan fingerprint density at radius 2 is 1.52 bits per heavy atom. The van der Waals surface area contributed by atoms with Gasteiger partial charge in [-0.2, -0.15) is 0 Å². The molecular weight excluding hydrogens is 655 g/mol. The zero-order chi connectivity index (χ0) is 33.8. The summed E-state index contributed by atoms with van der Waals surface area (Å²) in [5.74, 6) is 0.394. The number of hydrogen-bond donors (Lipinski definition) is 3. The van der Waals surface area contributed by atoms with Gasteiger partial charge in [-0.05, 0) is 19.4 Å². The Balaban J connectivity index is 1.23. The molecule has 2 aliphatic heterocycles. The number of ether oxygens (including phenoxy) is 2. The summed E-state index contributed by atoms with van der Waals surface area (Å²) in [6.07, 6.45) is 5.42. The van der Waals surface area contributed by atoms with E-state index < -0.39 is 0 Å². The van der Waals surface area contributed by atoms with Crippen LogP contribution in [0.25, 0.3) is 33.6 Å². The maximum absolute atomic E-state index is 11.6. The number of nitrogens with one attached hydrogen (secondary N) is 2. The number of primary amides is 1. The zero-order valence-corrected chi connectivity index (χ0v) is 28.1. The highest BCUT2D eigenvalue weighted by Crippen LogP contribution is 2.42. The molecule has 250 valence electrons. The summed E-state index contributed by atoms with van der Waals surface area (Å²) in [5.41, 5.74) is 10.6. The van der Waals surface area contributed by atoms with Crippen molar-refractivity contribution in [3.05, 3.63) is 70.2 Å². The third-order valence-corrected chi connectivity index (χ3v) is 9.48. The van der Waals surface area contributed by atoms with E-state index >= 15 is 0 Å². The van der Waals surface area contributed by atoms with Crippen LogP contribution in [-0.2, 0) is 22.7 Å². The van der Waals surface area contributed by atoms with Crippen molar-refractivity contribution in [3.63, 3.8) is 0 Å². The van der Waals surface area contributed by atoms with E-state index in [1.54, 1.807) is 26.6 Å². The van der Waals surface area contributed by atoms with Crippen molar-refractivity contribution in [2.45, 2.75) is 38.4 Å². The molecule has 2 atom stereocenters. The standard InChI is InChI=1S/C34H36Cl2N8O4/c1-47-33-27(14-38-13-20-9-10-29(45)41-20)39-15-25(42-33)23-7-3-5-21(30(23)35)22-6-4-8-24(31(22)36)26-16-40-28(34(43-26)48-2)18-44-12-11-19(17-44)32(37)46/h3-8,15-16,19-20,38H,9-14,17-18H2,1-2H3,(H2,37,46)(H,41,45)/t19-,20+/m1/s1. The molecule has 0 radical (unpaired) electrons. The molecule has 4 aromatic rings. The van der Waals surface area contributed by atoms with E-state index in [2.05, 4.69) is 25.5 Å². The molecule has 2 fully saturated rings. The number of hydrogen-bond acceptors (Lipinski definition) is 10. The predicted octanol–water partition coefficient (Wildman–Crippen LogP) is 4.27. The smallest absolute Gasteiger partial charge is 0.237 e. The number of benzene rings is 2. The van der Waals surface area contributed by atoms with Gasteiger partial charge < -0.3 is 25.8 Å². The van der Waals surface area contributed by atoms with Crippen LogP contribution < -0.4 is 25.8 Å². The quantitative estimate of drug-likeness (QED) is 0.196. The van der Waals surface area contributed by atoms with Crippen LogP contribution >= 0.6 is 23.2 Å². The van der Waals surface area contributed by atoms with E-state index in [1.807, 2.05) is 36.4 Å². The number of rotatable bonds is 12. The number of methoxy groups -OCH3 is 2. The zero-order valence-electron chi connectivity index (χ0n) is 26.6. The summed E-state index contributed by atoms with van der Waals surface area (Å²) < 4.78 is 11.2. The fourth-order valence-corrected chi connectivity index (χ4v) is 6.75. The fourth-order valence-electron chi connectivity index (χ4n) is 6.10. The molecule has 2 saturated heterocycles. The second-order valence-corrected chi connectivity index (χ2v) is 12.6. The molecule has 0 unspecified atom stereocenters. The molecule has 0 bridgehead atoms. The molecule has 14 heteroatoms. The topological polar surface area (TPSA) is 157 Å². The van der Waals surface area contributed by atoms with Gasteiger partial charge >= 0.3 is 0 Å². The lowest BCUT2D eigenvalue weighted by atomic mass is 9.98. The molecule has 0 aliphatic carbocycles. The maximum Gasteiger partial charge on any atom is 0.237 e. The van der Waals surface area contributed by atoms with Crippen molar-refractivity contribution in [2.75, 3.05) is 33.9 Å². The van der Waals surface area contributed by atoms with Gasteiger partial charge in [0, 0.05) is 60.9 Å². The summed E-state index contributed by atoms with van der Waals surface area (Å²) in [6, 6.07) is 11.4. The molecule has 4 heterocycles. The van der Waals surface area contributed by atoms with Gasteiger partial charge in [0.25, 0.3) is 0 Å². The van der Waals surface area contributed by atoms with Crippen molar-refractivity contribution in [1.82, 2.24) is 35.5 Å². The molecule has 2 aromatic heterocycles. The molecule has 2 aliphatic rings. The van der Waals surface area contributed by atoms with E-state index in [0.717, 1.165) is 19.4 Å². The van der Waals surface area contributed by atoms with Crippen molar-refractivity contribution in [3.8, 4) is 45.4 Å². The van der Waals surface area contributed by atoms with Gasteiger partial charge in [-0.25, -0.2) is 9.97 Å². The lowest BCUT2D eigenvalue weighted by molar-refractivity contribution is -0.121. The van der Waals surface area contributed by atoms with Gasteiger partial charge in [-0.3, -0.25) is 24.5 Å². The molecule has 6 rings (SSSR count). The van der Waals surface area contributed by atoms with Crippen molar-refractivity contribution < 1.29 is 19.1 Å². The monoisotopic (exact) mass is 690 g/mol. The Morgan fingerprint density at radius 3 is 2.06 bits per heavy atom. The van der Waals surface area contributed by atoms with Crippen LogP contribution in [0.1, 0.15) is 30.7 Å². The number of amides is 2.